The van der Waals surface area contributed by atoms with Crippen molar-refractivity contribution in [2.75, 3.05) is 32.1 Å². The van der Waals surface area contributed by atoms with E-state index in [2.05, 4.69) is 28.8 Å². The predicted octanol–water partition coefficient (Wildman–Crippen LogP) is 3.40. The molecule has 0 saturated heterocycles. The smallest absolute Gasteiger partial charge is 0.269 e. The summed E-state index contributed by atoms with van der Waals surface area (Å²) in [5.41, 5.74) is 3.37. The second-order valence-electron chi connectivity index (χ2n) is 7.08. The van der Waals surface area contributed by atoms with Crippen molar-refractivity contribution >= 4 is 11.4 Å². The number of ether oxygens (including phenoxy) is 2. The largest absolute Gasteiger partial charge is 0.493 e. The number of rotatable bonds is 12. The quantitative estimate of drug-likeness (QED) is 0.265. The molecule has 0 amide bonds. The predicted molar refractivity (Wildman–Crippen MR) is 121 cm³/mol. The summed E-state index contributed by atoms with van der Waals surface area (Å²) in [6, 6.07) is 22.7. The number of anilines is 1. The summed E-state index contributed by atoms with van der Waals surface area (Å²) < 4.78 is 11.4. The van der Waals surface area contributed by atoms with E-state index in [1.54, 1.807) is 19.2 Å². The van der Waals surface area contributed by atoms with Gasteiger partial charge in [-0.05, 0) is 35.9 Å². The van der Waals surface area contributed by atoms with E-state index < -0.39 is 4.92 Å². The average molecular weight is 423 g/mol. The van der Waals surface area contributed by atoms with Gasteiger partial charge in [0.1, 0.15) is 6.54 Å². The van der Waals surface area contributed by atoms with Crippen LogP contribution in [0.3, 0.4) is 0 Å². The lowest BCUT2D eigenvalue weighted by Crippen LogP contribution is -2.83. The maximum Gasteiger partial charge on any atom is 0.269 e. The van der Waals surface area contributed by atoms with Crippen LogP contribution in [-0.2, 0) is 13.0 Å². The minimum Gasteiger partial charge on any atom is -0.493 e. The van der Waals surface area contributed by atoms with Crippen LogP contribution >= 0.6 is 0 Å². The standard InChI is InChI=1S/C24H27N3O4/c1-30-24-17-20(7-12-23(24)31-16-13-19-5-3-2-4-6-19)18-25-14-15-26-21-8-10-22(11-9-21)27(28)29/h2-12,17,25-26H,13-16,18H2,1H3/p+1. The molecule has 0 saturated carbocycles. The first-order valence-corrected chi connectivity index (χ1v) is 10.3. The summed E-state index contributed by atoms with van der Waals surface area (Å²) >= 11 is 0. The monoisotopic (exact) mass is 422 g/mol. The van der Waals surface area contributed by atoms with E-state index in [0.717, 1.165) is 48.8 Å². The number of quaternary nitrogens is 1. The number of hydrogen-bond donors (Lipinski definition) is 2. The van der Waals surface area contributed by atoms with E-state index in [9.17, 15) is 10.1 Å². The first-order valence-electron chi connectivity index (χ1n) is 10.3. The van der Waals surface area contributed by atoms with Crippen LogP contribution in [0.2, 0.25) is 0 Å². The summed E-state index contributed by atoms with van der Waals surface area (Å²) in [4.78, 5) is 10.3. The number of nitro benzene ring substituents is 1. The molecule has 7 heteroatoms. The van der Waals surface area contributed by atoms with E-state index in [1.807, 2.05) is 30.3 Å². The molecule has 0 unspecified atom stereocenters. The van der Waals surface area contributed by atoms with Gasteiger partial charge in [-0.25, -0.2) is 0 Å². The van der Waals surface area contributed by atoms with Crippen molar-refractivity contribution in [3.8, 4) is 11.5 Å². The zero-order valence-electron chi connectivity index (χ0n) is 17.6. The molecule has 31 heavy (non-hydrogen) atoms. The summed E-state index contributed by atoms with van der Waals surface area (Å²) in [7, 11) is 1.65. The van der Waals surface area contributed by atoms with Crippen molar-refractivity contribution in [3.63, 3.8) is 0 Å². The second kappa shape index (κ2) is 11.6. The lowest BCUT2D eigenvalue weighted by atomic mass is 10.1. The Hall–Kier alpha value is -3.58. The molecule has 0 bridgehead atoms. The number of benzene rings is 3. The third kappa shape index (κ3) is 7.01. The van der Waals surface area contributed by atoms with Gasteiger partial charge < -0.3 is 20.1 Å². The summed E-state index contributed by atoms with van der Waals surface area (Å²) in [6.45, 7) is 3.05. The van der Waals surface area contributed by atoms with Gasteiger partial charge in [0.05, 0.1) is 31.7 Å². The fourth-order valence-corrected chi connectivity index (χ4v) is 3.17. The van der Waals surface area contributed by atoms with Crippen LogP contribution in [0, 0.1) is 10.1 Å². The fraction of sp³-hybridized carbons (Fsp3) is 0.250. The molecular formula is C24H28N3O4+. The Morgan fingerprint density at radius 2 is 1.74 bits per heavy atom. The van der Waals surface area contributed by atoms with Crippen LogP contribution in [-0.4, -0.2) is 31.7 Å². The van der Waals surface area contributed by atoms with Gasteiger partial charge in [-0.2, -0.15) is 0 Å². The van der Waals surface area contributed by atoms with Crippen LogP contribution in [0.15, 0.2) is 72.8 Å². The Morgan fingerprint density at radius 1 is 0.968 bits per heavy atom. The van der Waals surface area contributed by atoms with Gasteiger partial charge in [0.15, 0.2) is 11.5 Å². The van der Waals surface area contributed by atoms with Gasteiger partial charge in [0.25, 0.3) is 5.69 Å². The van der Waals surface area contributed by atoms with E-state index in [4.69, 9.17) is 9.47 Å². The Kier molecular flexibility index (Phi) is 8.25. The molecule has 0 radical (unpaired) electrons. The molecule has 0 atom stereocenters. The maximum atomic E-state index is 10.7. The summed E-state index contributed by atoms with van der Waals surface area (Å²) in [6.07, 6.45) is 0.848. The first kappa shape index (κ1) is 22.1. The number of non-ortho nitro benzene ring substituents is 1. The molecule has 0 spiro atoms. The van der Waals surface area contributed by atoms with Crippen LogP contribution < -0.4 is 20.1 Å². The molecule has 0 fully saturated rings. The van der Waals surface area contributed by atoms with Crippen molar-refractivity contribution in [3.05, 3.63) is 94.0 Å². The van der Waals surface area contributed by atoms with Gasteiger partial charge in [-0.1, -0.05) is 30.3 Å². The van der Waals surface area contributed by atoms with Crippen molar-refractivity contribution < 1.29 is 19.7 Å². The van der Waals surface area contributed by atoms with E-state index in [1.165, 1.54) is 17.7 Å². The molecule has 0 aliphatic rings. The Balaban J connectivity index is 1.40. The number of nitrogens with zero attached hydrogens (tertiary/aromatic N) is 1. The third-order valence-corrected chi connectivity index (χ3v) is 4.85. The number of nitro groups is 1. The van der Waals surface area contributed by atoms with Crippen LogP contribution in [0.5, 0.6) is 11.5 Å². The molecule has 3 rings (SSSR count). The second-order valence-corrected chi connectivity index (χ2v) is 7.08. The topological polar surface area (TPSA) is 90.2 Å². The van der Waals surface area contributed by atoms with Gasteiger partial charge in [0, 0.05) is 29.8 Å². The number of hydrogen-bond acceptors (Lipinski definition) is 5. The first-order chi connectivity index (χ1) is 15.2. The number of methoxy groups -OCH3 is 1. The molecule has 0 aromatic heterocycles. The molecule has 0 heterocycles. The van der Waals surface area contributed by atoms with Gasteiger partial charge in [-0.3, -0.25) is 10.1 Å². The third-order valence-electron chi connectivity index (χ3n) is 4.85. The van der Waals surface area contributed by atoms with Gasteiger partial charge in [-0.15, -0.1) is 0 Å². The molecule has 3 aromatic rings. The molecule has 3 N–H and O–H groups in total. The Morgan fingerprint density at radius 3 is 2.45 bits per heavy atom. The van der Waals surface area contributed by atoms with Crippen LogP contribution in [0.1, 0.15) is 11.1 Å². The summed E-state index contributed by atoms with van der Waals surface area (Å²) in [5.74, 6) is 1.49. The molecule has 0 aliphatic carbocycles. The average Bonchev–Trinajstić information content (AvgIpc) is 2.80. The molecule has 0 aliphatic heterocycles. The minimum absolute atomic E-state index is 0.0959. The highest BCUT2D eigenvalue weighted by molar-refractivity contribution is 5.48. The SMILES string of the molecule is COc1cc(C[NH2+]CCNc2ccc([N+](=O)[O-])cc2)ccc1OCCc1ccccc1. The van der Waals surface area contributed by atoms with E-state index in [0.29, 0.717) is 6.61 Å². The molecule has 3 aromatic carbocycles. The molecular weight excluding hydrogens is 394 g/mol. The normalized spacial score (nSPS) is 10.5. The lowest BCUT2D eigenvalue weighted by molar-refractivity contribution is -0.668. The van der Waals surface area contributed by atoms with E-state index in [-0.39, 0.29) is 5.69 Å². The van der Waals surface area contributed by atoms with Crippen LogP contribution in [0.25, 0.3) is 0 Å². The van der Waals surface area contributed by atoms with Crippen molar-refractivity contribution in [1.82, 2.24) is 0 Å². The van der Waals surface area contributed by atoms with Crippen molar-refractivity contribution in [2.24, 2.45) is 0 Å². The molecule has 162 valence electrons. The van der Waals surface area contributed by atoms with Gasteiger partial charge >= 0.3 is 0 Å². The fourth-order valence-electron chi connectivity index (χ4n) is 3.17. The zero-order chi connectivity index (χ0) is 21.9. The minimum atomic E-state index is -0.397. The van der Waals surface area contributed by atoms with Crippen LogP contribution in [0.4, 0.5) is 11.4 Å². The molecule has 7 nitrogen and oxygen atoms in total. The number of nitrogens with two attached hydrogens (primary N) is 1. The highest BCUT2D eigenvalue weighted by Crippen LogP contribution is 2.28. The Labute approximate surface area is 182 Å². The van der Waals surface area contributed by atoms with Gasteiger partial charge in [0.2, 0.25) is 0 Å². The summed E-state index contributed by atoms with van der Waals surface area (Å²) in [5, 5.41) is 16.2. The zero-order valence-corrected chi connectivity index (χ0v) is 17.6. The Bertz CT molecular complexity index is 962. The number of nitrogens with one attached hydrogen (secondary N) is 1. The van der Waals surface area contributed by atoms with E-state index >= 15 is 0 Å². The lowest BCUT2D eigenvalue weighted by Gasteiger charge is -2.12. The van der Waals surface area contributed by atoms with Crippen molar-refractivity contribution in [1.29, 1.82) is 0 Å². The van der Waals surface area contributed by atoms with Crippen molar-refractivity contribution in [2.45, 2.75) is 13.0 Å². The maximum absolute atomic E-state index is 10.7. The highest BCUT2D eigenvalue weighted by Gasteiger charge is 2.07. The highest BCUT2D eigenvalue weighted by atomic mass is 16.6.